The van der Waals surface area contributed by atoms with Crippen LogP contribution in [0.2, 0.25) is 0 Å². The van der Waals surface area contributed by atoms with Crippen LogP contribution in [-0.2, 0) is 4.74 Å². The zero-order valence-corrected chi connectivity index (χ0v) is 8.93. The number of aliphatic hydroxyl groups is 1. The number of hydrogen-bond donors (Lipinski definition) is 2. The number of aliphatic hydroxyl groups excluding tert-OH is 1. The van der Waals surface area contributed by atoms with Crippen molar-refractivity contribution < 1.29 is 14.3 Å². The molecular weight excluding hydrogens is 206 g/mol. The smallest absolute Gasteiger partial charge is 0.133 e. The van der Waals surface area contributed by atoms with E-state index < -0.39 is 6.10 Å². The first-order chi connectivity index (χ1) is 7.81. The molecule has 0 aliphatic carbocycles. The van der Waals surface area contributed by atoms with Gasteiger partial charge in [-0.15, -0.1) is 0 Å². The third kappa shape index (κ3) is 2.41. The molecule has 0 aliphatic heterocycles. The van der Waals surface area contributed by atoms with Crippen molar-refractivity contribution in [2.24, 2.45) is 5.73 Å². The summed E-state index contributed by atoms with van der Waals surface area (Å²) in [6.45, 7) is 1.19. The molecule has 1 aromatic heterocycles. The monoisotopic (exact) mass is 221 g/mol. The number of fused-ring (bicyclic) bond motifs is 1. The zero-order valence-electron chi connectivity index (χ0n) is 8.93. The van der Waals surface area contributed by atoms with E-state index in [-0.39, 0.29) is 6.61 Å². The standard InChI is InChI=1S/C12H15NO3/c13-4-6-15-8-11(14)9-1-2-12-10(7-9)3-5-16-12/h1-3,5,7,11,14H,4,6,8,13H2. The second kappa shape index (κ2) is 5.12. The van der Waals surface area contributed by atoms with Crippen molar-refractivity contribution in [3.05, 3.63) is 36.1 Å². The van der Waals surface area contributed by atoms with Gasteiger partial charge in [0, 0.05) is 11.9 Å². The number of rotatable bonds is 5. The molecule has 86 valence electrons. The lowest BCUT2D eigenvalue weighted by molar-refractivity contribution is 0.0396. The molecule has 4 nitrogen and oxygen atoms in total. The van der Waals surface area contributed by atoms with Crippen LogP contribution < -0.4 is 5.73 Å². The summed E-state index contributed by atoms with van der Waals surface area (Å²) in [6, 6.07) is 7.45. The molecule has 0 saturated heterocycles. The summed E-state index contributed by atoms with van der Waals surface area (Å²) in [5.41, 5.74) is 6.94. The van der Waals surface area contributed by atoms with Gasteiger partial charge in [-0.05, 0) is 23.8 Å². The van der Waals surface area contributed by atoms with Crippen LogP contribution in [0.3, 0.4) is 0 Å². The lowest BCUT2D eigenvalue weighted by atomic mass is 10.1. The summed E-state index contributed by atoms with van der Waals surface area (Å²) < 4.78 is 10.4. The van der Waals surface area contributed by atoms with Crippen molar-refractivity contribution in [2.45, 2.75) is 6.10 Å². The van der Waals surface area contributed by atoms with Crippen molar-refractivity contribution in [1.29, 1.82) is 0 Å². The zero-order chi connectivity index (χ0) is 11.4. The maximum Gasteiger partial charge on any atom is 0.133 e. The van der Waals surface area contributed by atoms with Crippen molar-refractivity contribution in [3.63, 3.8) is 0 Å². The fourth-order valence-electron chi connectivity index (χ4n) is 1.57. The maximum absolute atomic E-state index is 9.85. The van der Waals surface area contributed by atoms with Gasteiger partial charge in [0.05, 0.1) is 19.5 Å². The quantitative estimate of drug-likeness (QED) is 0.750. The van der Waals surface area contributed by atoms with Gasteiger partial charge >= 0.3 is 0 Å². The third-order valence-electron chi connectivity index (χ3n) is 2.40. The van der Waals surface area contributed by atoms with Crippen LogP contribution in [0.4, 0.5) is 0 Å². The van der Waals surface area contributed by atoms with Gasteiger partial charge < -0.3 is 20.0 Å². The van der Waals surface area contributed by atoms with Crippen LogP contribution in [-0.4, -0.2) is 24.9 Å². The van der Waals surface area contributed by atoms with E-state index >= 15 is 0 Å². The number of ether oxygens (including phenoxy) is 1. The lowest BCUT2D eigenvalue weighted by Crippen LogP contribution is -2.13. The van der Waals surface area contributed by atoms with Gasteiger partial charge in [0.1, 0.15) is 11.7 Å². The van der Waals surface area contributed by atoms with Crippen molar-refractivity contribution >= 4 is 11.0 Å². The lowest BCUT2D eigenvalue weighted by Gasteiger charge is -2.11. The van der Waals surface area contributed by atoms with Crippen LogP contribution in [0.1, 0.15) is 11.7 Å². The fourth-order valence-corrected chi connectivity index (χ4v) is 1.57. The Hall–Kier alpha value is -1.36. The Labute approximate surface area is 93.6 Å². The van der Waals surface area contributed by atoms with Crippen LogP contribution in [0, 0.1) is 0 Å². The number of hydrogen-bond acceptors (Lipinski definition) is 4. The first kappa shape index (κ1) is 11.1. The summed E-state index contributed by atoms with van der Waals surface area (Å²) in [7, 11) is 0. The van der Waals surface area contributed by atoms with E-state index in [1.807, 2.05) is 24.3 Å². The molecule has 2 rings (SSSR count). The van der Waals surface area contributed by atoms with Crippen LogP contribution in [0.15, 0.2) is 34.9 Å². The number of benzene rings is 1. The molecule has 0 spiro atoms. The second-order valence-electron chi connectivity index (χ2n) is 3.60. The molecule has 3 N–H and O–H groups in total. The minimum absolute atomic E-state index is 0.264. The topological polar surface area (TPSA) is 68.6 Å². The molecular formula is C12H15NO3. The number of nitrogens with two attached hydrogens (primary N) is 1. The molecule has 0 fully saturated rings. The normalized spacial score (nSPS) is 13.1. The summed E-state index contributed by atoms with van der Waals surface area (Å²) >= 11 is 0. The number of furan rings is 1. The summed E-state index contributed by atoms with van der Waals surface area (Å²) in [4.78, 5) is 0. The van der Waals surface area contributed by atoms with Crippen LogP contribution in [0.5, 0.6) is 0 Å². The Balaban J connectivity index is 2.07. The molecule has 16 heavy (non-hydrogen) atoms. The van der Waals surface area contributed by atoms with Gasteiger partial charge in [-0.1, -0.05) is 6.07 Å². The van der Waals surface area contributed by atoms with Crippen LogP contribution >= 0.6 is 0 Å². The summed E-state index contributed by atoms with van der Waals surface area (Å²) in [6.07, 6.45) is 1.01. The predicted molar refractivity (Wildman–Crippen MR) is 61.0 cm³/mol. The Kier molecular flexibility index (Phi) is 3.56. The molecule has 2 aromatic rings. The van der Waals surface area contributed by atoms with E-state index in [9.17, 15) is 5.11 Å². The maximum atomic E-state index is 9.85. The SMILES string of the molecule is NCCOCC(O)c1ccc2occc2c1. The van der Waals surface area contributed by atoms with Gasteiger partial charge in [-0.3, -0.25) is 0 Å². The highest BCUT2D eigenvalue weighted by molar-refractivity contribution is 5.77. The van der Waals surface area contributed by atoms with Gasteiger partial charge in [-0.25, -0.2) is 0 Å². The molecule has 0 bridgehead atoms. The highest BCUT2D eigenvalue weighted by Crippen LogP contribution is 2.21. The first-order valence-corrected chi connectivity index (χ1v) is 5.24. The third-order valence-corrected chi connectivity index (χ3v) is 2.40. The van der Waals surface area contributed by atoms with E-state index in [1.165, 1.54) is 0 Å². The average molecular weight is 221 g/mol. The molecule has 0 radical (unpaired) electrons. The highest BCUT2D eigenvalue weighted by atomic mass is 16.5. The minimum atomic E-state index is -0.620. The largest absolute Gasteiger partial charge is 0.464 e. The first-order valence-electron chi connectivity index (χ1n) is 5.24. The van der Waals surface area contributed by atoms with E-state index in [4.69, 9.17) is 14.9 Å². The van der Waals surface area contributed by atoms with Crippen LogP contribution in [0.25, 0.3) is 11.0 Å². The van der Waals surface area contributed by atoms with E-state index in [0.29, 0.717) is 13.2 Å². The Morgan fingerprint density at radius 2 is 2.25 bits per heavy atom. The molecule has 0 aliphatic rings. The summed E-state index contributed by atoms with van der Waals surface area (Å²) in [5, 5.41) is 10.8. The van der Waals surface area contributed by atoms with E-state index in [2.05, 4.69) is 0 Å². The predicted octanol–water partition coefficient (Wildman–Crippen LogP) is 1.44. The molecule has 0 saturated carbocycles. The van der Waals surface area contributed by atoms with Gasteiger partial charge in [-0.2, -0.15) is 0 Å². The Morgan fingerprint density at radius 3 is 3.06 bits per heavy atom. The Bertz CT molecular complexity index is 452. The van der Waals surface area contributed by atoms with Crippen molar-refractivity contribution in [1.82, 2.24) is 0 Å². The van der Waals surface area contributed by atoms with Gasteiger partial charge in [0.25, 0.3) is 0 Å². The Morgan fingerprint density at radius 1 is 1.38 bits per heavy atom. The van der Waals surface area contributed by atoms with Crippen molar-refractivity contribution in [2.75, 3.05) is 19.8 Å². The van der Waals surface area contributed by atoms with Crippen molar-refractivity contribution in [3.8, 4) is 0 Å². The molecule has 1 aromatic carbocycles. The fraction of sp³-hybridized carbons (Fsp3) is 0.333. The van der Waals surface area contributed by atoms with E-state index in [0.717, 1.165) is 16.5 Å². The van der Waals surface area contributed by atoms with Gasteiger partial charge in [0.2, 0.25) is 0 Å². The van der Waals surface area contributed by atoms with Gasteiger partial charge in [0.15, 0.2) is 0 Å². The minimum Gasteiger partial charge on any atom is -0.464 e. The highest BCUT2D eigenvalue weighted by Gasteiger charge is 2.08. The molecule has 1 atom stereocenters. The average Bonchev–Trinajstić information content (AvgIpc) is 2.76. The summed E-state index contributed by atoms with van der Waals surface area (Å²) in [5.74, 6) is 0. The molecule has 1 heterocycles. The molecule has 4 heteroatoms. The molecule has 0 amide bonds. The molecule has 1 unspecified atom stereocenters. The second-order valence-corrected chi connectivity index (χ2v) is 3.60. The van der Waals surface area contributed by atoms with E-state index in [1.54, 1.807) is 6.26 Å².